The van der Waals surface area contributed by atoms with Crippen LogP contribution in [0.4, 0.5) is 5.69 Å². The lowest BCUT2D eigenvalue weighted by atomic mass is 9.74. The average molecular weight is 303 g/mol. The molecule has 1 fully saturated rings. The molecule has 0 aliphatic heterocycles. The first-order valence-corrected chi connectivity index (χ1v) is 8.21. The van der Waals surface area contributed by atoms with Crippen molar-refractivity contribution >= 4 is 17.3 Å². The molecule has 1 aliphatic rings. The molecule has 1 saturated carbocycles. The Morgan fingerprint density at radius 2 is 1.50 bits per heavy atom. The van der Waals surface area contributed by atoms with Gasteiger partial charge in [-0.2, -0.15) is 0 Å². The predicted octanol–water partition coefficient (Wildman–Crippen LogP) is 2.69. The maximum atomic E-state index is 11.6. The summed E-state index contributed by atoms with van der Waals surface area (Å²) in [5.74, 6) is -1.81. The van der Waals surface area contributed by atoms with Crippen LogP contribution in [0.5, 0.6) is 0 Å². The zero-order valence-corrected chi connectivity index (χ0v) is 13.4. The molecular weight excluding hydrogens is 278 g/mol. The first-order valence-electron chi connectivity index (χ1n) is 8.21. The van der Waals surface area contributed by atoms with Gasteiger partial charge >= 0.3 is 0 Å². The number of carbonyl (C=O) groups is 2. The van der Waals surface area contributed by atoms with Crippen LogP contribution in [0.25, 0.3) is 0 Å². The standard InChI is InChI=1S/C18H25NO3/c1-3-5-11-19(12-6-4-2)14-9-7-13(8-10-14)15-16(20)18(22)17(15)21/h7-10,15-16,20H,3-6,11-12H2,1-2H3. The van der Waals surface area contributed by atoms with Crippen molar-refractivity contribution in [2.24, 2.45) is 0 Å². The quantitative estimate of drug-likeness (QED) is 0.750. The number of nitrogens with zero attached hydrogens (tertiary/aromatic N) is 1. The molecule has 0 radical (unpaired) electrons. The van der Waals surface area contributed by atoms with Crippen molar-refractivity contribution in [3.8, 4) is 0 Å². The van der Waals surface area contributed by atoms with Gasteiger partial charge in [-0.05, 0) is 30.5 Å². The second kappa shape index (κ2) is 7.54. The van der Waals surface area contributed by atoms with Crippen LogP contribution in [0.3, 0.4) is 0 Å². The summed E-state index contributed by atoms with van der Waals surface area (Å²) in [7, 11) is 0. The second-order valence-electron chi connectivity index (χ2n) is 5.94. The zero-order valence-electron chi connectivity index (χ0n) is 13.4. The summed E-state index contributed by atoms with van der Waals surface area (Å²) in [6, 6.07) is 7.70. The molecule has 4 nitrogen and oxygen atoms in total. The van der Waals surface area contributed by atoms with Crippen LogP contribution < -0.4 is 4.90 Å². The largest absolute Gasteiger partial charge is 0.384 e. The van der Waals surface area contributed by atoms with Gasteiger partial charge in [0.2, 0.25) is 11.6 Å². The maximum Gasteiger partial charge on any atom is 0.228 e. The third-order valence-electron chi connectivity index (χ3n) is 4.29. The number of unbranched alkanes of at least 4 members (excludes halogenated alkanes) is 2. The first kappa shape index (κ1) is 16.7. The lowest BCUT2D eigenvalue weighted by Gasteiger charge is -2.30. The van der Waals surface area contributed by atoms with Crippen molar-refractivity contribution < 1.29 is 14.7 Å². The van der Waals surface area contributed by atoms with E-state index in [-0.39, 0.29) is 0 Å². The molecule has 0 saturated heterocycles. The second-order valence-corrected chi connectivity index (χ2v) is 5.94. The van der Waals surface area contributed by atoms with Gasteiger partial charge in [0.25, 0.3) is 0 Å². The molecule has 0 heterocycles. The van der Waals surface area contributed by atoms with Crippen molar-refractivity contribution in [2.45, 2.75) is 51.6 Å². The maximum absolute atomic E-state index is 11.6. The van der Waals surface area contributed by atoms with E-state index in [1.54, 1.807) is 0 Å². The lowest BCUT2D eigenvalue weighted by Crippen LogP contribution is -2.50. The Kier molecular flexibility index (Phi) is 5.72. The molecule has 2 unspecified atom stereocenters. The van der Waals surface area contributed by atoms with Crippen LogP contribution in [0.15, 0.2) is 24.3 Å². The van der Waals surface area contributed by atoms with Crippen molar-refractivity contribution in [3.05, 3.63) is 29.8 Å². The van der Waals surface area contributed by atoms with Crippen molar-refractivity contribution in [1.29, 1.82) is 0 Å². The molecule has 22 heavy (non-hydrogen) atoms. The summed E-state index contributed by atoms with van der Waals surface area (Å²) in [4.78, 5) is 25.1. The number of anilines is 1. The van der Waals surface area contributed by atoms with Gasteiger partial charge in [0, 0.05) is 18.8 Å². The third kappa shape index (κ3) is 3.38. The summed E-state index contributed by atoms with van der Waals surface area (Å²) >= 11 is 0. The molecule has 0 bridgehead atoms. The summed E-state index contributed by atoms with van der Waals surface area (Å²) < 4.78 is 0. The van der Waals surface area contributed by atoms with Crippen LogP contribution >= 0.6 is 0 Å². The topological polar surface area (TPSA) is 57.6 Å². The van der Waals surface area contributed by atoms with Gasteiger partial charge in [0.05, 0.1) is 5.92 Å². The number of ketones is 2. The molecule has 1 aliphatic carbocycles. The van der Waals surface area contributed by atoms with E-state index < -0.39 is 23.6 Å². The molecule has 0 aromatic heterocycles. The minimum atomic E-state index is -1.16. The van der Waals surface area contributed by atoms with Gasteiger partial charge in [-0.15, -0.1) is 0 Å². The highest BCUT2D eigenvalue weighted by Crippen LogP contribution is 2.32. The SMILES string of the molecule is CCCCN(CCCC)c1ccc(C2C(=O)C(=O)C2O)cc1. The number of aliphatic hydroxyl groups is 1. The number of Topliss-reactive ketones (excluding diaryl/α,β-unsaturated/α-hetero) is 2. The number of hydrogen-bond acceptors (Lipinski definition) is 4. The smallest absolute Gasteiger partial charge is 0.228 e. The summed E-state index contributed by atoms with van der Waals surface area (Å²) in [6.45, 7) is 6.42. The average Bonchev–Trinajstić information content (AvgIpc) is 2.55. The number of aliphatic hydroxyl groups excluding tert-OH is 1. The van der Waals surface area contributed by atoms with E-state index in [2.05, 4.69) is 18.7 Å². The van der Waals surface area contributed by atoms with Crippen LogP contribution in [0.1, 0.15) is 51.0 Å². The van der Waals surface area contributed by atoms with E-state index in [0.29, 0.717) is 0 Å². The fourth-order valence-electron chi connectivity index (χ4n) is 2.79. The fourth-order valence-corrected chi connectivity index (χ4v) is 2.79. The van der Waals surface area contributed by atoms with Crippen LogP contribution in [0, 0.1) is 0 Å². The van der Waals surface area contributed by atoms with Crippen molar-refractivity contribution in [1.82, 2.24) is 0 Å². The minimum absolute atomic E-state index is 0.478. The molecule has 1 N–H and O–H groups in total. The molecule has 4 heteroatoms. The third-order valence-corrected chi connectivity index (χ3v) is 4.29. The Labute approximate surface area is 132 Å². The highest BCUT2D eigenvalue weighted by molar-refractivity contribution is 6.48. The molecule has 1 aromatic carbocycles. The fraction of sp³-hybridized carbons (Fsp3) is 0.556. The molecular formula is C18H25NO3. The van der Waals surface area contributed by atoms with E-state index in [9.17, 15) is 14.7 Å². The van der Waals surface area contributed by atoms with Gasteiger partial charge in [-0.1, -0.05) is 38.8 Å². The number of hydrogen-bond donors (Lipinski definition) is 1. The number of carbonyl (C=O) groups excluding carboxylic acids is 2. The normalized spacial score (nSPS) is 20.9. The molecule has 0 spiro atoms. The highest BCUT2D eigenvalue weighted by atomic mass is 16.3. The minimum Gasteiger partial charge on any atom is -0.384 e. The Bertz CT molecular complexity index is 516. The predicted molar refractivity (Wildman–Crippen MR) is 87.2 cm³/mol. The molecule has 120 valence electrons. The van der Waals surface area contributed by atoms with E-state index in [4.69, 9.17) is 0 Å². The zero-order chi connectivity index (χ0) is 16.1. The Morgan fingerprint density at radius 3 is 1.95 bits per heavy atom. The summed E-state index contributed by atoms with van der Waals surface area (Å²) in [6.07, 6.45) is 3.46. The van der Waals surface area contributed by atoms with E-state index >= 15 is 0 Å². The summed E-state index contributed by atoms with van der Waals surface area (Å²) in [5.41, 5.74) is 1.87. The number of rotatable bonds is 8. The van der Waals surface area contributed by atoms with Crippen LogP contribution in [0.2, 0.25) is 0 Å². The van der Waals surface area contributed by atoms with Gasteiger partial charge in [-0.3, -0.25) is 9.59 Å². The Balaban J connectivity index is 2.08. The molecule has 2 atom stereocenters. The molecule has 2 rings (SSSR count). The summed E-state index contributed by atoms with van der Waals surface area (Å²) in [5, 5.41) is 9.63. The van der Waals surface area contributed by atoms with E-state index in [1.807, 2.05) is 24.3 Å². The van der Waals surface area contributed by atoms with E-state index in [0.717, 1.165) is 50.0 Å². The Morgan fingerprint density at radius 1 is 0.955 bits per heavy atom. The van der Waals surface area contributed by atoms with Gasteiger partial charge in [-0.25, -0.2) is 0 Å². The van der Waals surface area contributed by atoms with Crippen molar-refractivity contribution in [3.63, 3.8) is 0 Å². The first-order chi connectivity index (χ1) is 10.6. The number of benzene rings is 1. The van der Waals surface area contributed by atoms with Gasteiger partial charge in [0.1, 0.15) is 6.10 Å². The Hall–Kier alpha value is -1.68. The van der Waals surface area contributed by atoms with Crippen LogP contribution in [-0.4, -0.2) is 35.9 Å². The van der Waals surface area contributed by atoms with Gasteiger partial charge < -0.3 is 10.0 Å². The van der Waals surface area contributed by atoms with Crippen molar-refractivity contribution in [2.75, 3.05) is 18.0 Å². The van der Waals surface area contributed by atoms with Crippen LogP contribution in [-0.2, 0) is 9.59 Å². The monoisotopic (exact) mass is 303 g/mol. The molecule has 0 amide bonds. The lowest BCUT2D eigenvalue weighted by molar-refractivity contribution is -0.154. The van der Waals surface area contributed by atoms with E-state index in [1.165, 1.54) is 0 Å². The van der Waals surface area contributed by atoms with Gasteiger partial charge in [0.15, 0.2) is 0 Å². The highest BCUT2D eigenvalue weighted by Gasteiger charge is 2.48. The molecule has 1 aromatic rings.